The largest absolute Gasteiger partial charge is 0.487 e. The highest BCUT2D eigenvalue weighted by atomic mass is 19.1. The number of nitrogens with zero attached hydrogens (tertiary/aromatic N) is 5. The predicted molar refractivity (Wildman–Crippen MR) is 134 cm³/mol. The average molecular weight is 494 g/mol. The summed E-state index contributed by atoms with van der Waals surface area (Å²) in [6.07, 6.45) is 6.32. The standard InChI is InChI=1S/C26H29F2N7O/c1-3-17-14-29-26(30-15-17)35-10-8-18(9-11-35)16-36-24-22(27)12-21(13-23(24)28)19-4-6-20(7-5-19)25-31-32-33-34(25)2/h4-7,12-15,18,32-33H,3,8-11,16H2,1-2H3. The van der Waals surface area contributed by atoms with E-state index >= 15 is 0 Å². The van der Waals surface area contributed by atoms with Crippen LogP contribution in [0.2, 0.25) is 0 Å². The average Bonchev–Trinajstić information content (AvgIpc) is 3.34. The van der Waals surface area contributed by atoms with Gasteiger partial charge in [-0.1, -0.05) is 31.2 Å². The summed E-state index contributed by atoms with van der Waals surface area (Å²) in [5, 5.41) is 5.89. The van der Waals surface area contributed by atoms with Gasteiger partial charge in [0.2, 0.25) is 5.95 Å². The number of benzene rings is 2. The van der Waals surface area contributed by atoms with Crippen LogP contribution in [-0.2, 0) is 6.42 Å². The van der Waals surface area contributed by atoms with E-state index in [0.29, 0.717) is 11.1 Å². The SMILES string of the molecule is CCc1cnc(N2CCC(COc3c(F)cc(-c4ccc(C5=NNNN5C)cc4)cc3F)CC2)nc1. The molecule has 2 aliphatic heterocycles. The fraction of sp³-hybridized carbons (Fsp3) is 0.346. The maximum atomic E-state index is 14.8. The van der Waals surface area contributed by atoms with Crippen molar-refractivity contribution < 1.29 is 13.5 Å². The lowest BCUT2D eigenvalue weighted by molar-refractivity contribution is 0.207. The number of anilines is 1. The number of rotatable bonds is 7. The van der Waals surface area contributed by atoms with E-state index in [4.69, 9.17) is 4.74 Å². The molecule has 1 saturated heterocycles. The zero-order valence-corrected chi connectivity index (χ0v) is 20.3. The molecule has 8 nitrogen and oxygen atoms in total. The van der Waals surface area contributed by atoms with Crippen molar-refractivity contribution in [2.75, 3.05) is 31.6 Å². The van der Waals surface area contributed by atoms with Gasteiger partial charge in [-0.2, -0.15) is 0 Å². The number of ether oxygens (including phenoxy) is 1. The first-order chi connectivity index (χ1) is 17.5. The molecule has 3 heterocycles. The highest BCUT2D eigenvalue weighted by Gasteiger charge is 2.23. The van der Waals surface area contributed by atoms with Crippen molar-refractivity contribution in [2.45, 2.75) is 26.2 Å². The predicted octanol–water partition coefficient (Wildman–Crippen LogP) is 3.90. The maximum Gasteiger partial charge on any atom is 0.225 e. The molecule has 2 N–H and O–H groups in total. The summed E-state index contributed by atoms with van der Waals surface area (Å²) in [6.45, 7) is 3.91. The number of hydrazone groups is 1. The second-order valence-corrected chi connectivity index (χ2v) is 9.05. The number of piperidine rings is 1. The van der Waals surface area contributed by atoms with Gasteiger partial charge in [0.1, 0.15) is 0 Å². The van der Waals surface area contributed by atoms with Crippen LogP contribution in [0, 0.1) is 17.6 Å². The van der Waals surface area contributed by atoms with E-state index in [0.717, 1.165) is 55.3 Å². The smallest absolute Gasteiger partial charge is 0.225 e. The molecule has 0 spiro atoms. The summed E-state index contributed by atoms with van der Waals surface area (Å²) in [5.41, 5.74) is 8.65. The molecule has 3 aromatic rings. The van der Waals surface area contributed by atoms with Gasteiger partial charge in [-0.25, -0.2) is 24.3 Å². The second-order valence-electron chi connectivity index (χ2n) is 9.05. The van der Waals surface area contributed by atoms with Gasteiger partial charge in [-0.3, -0.25) is 5.01 Å². The minimum atomic E-state index is -0.704. The minimum absolute atomic E-state index is 0.211. The van der Waals surface area contributed by atoms with Gasteiger partial charge < -0.3 is 9.64 Å². The van der Waals surface area contributed by atoms with Crippen LogP contribution >= 0.6 is 0 Å². The quantitative estimate of drug-likeness (QED) is 0.517. The third kappa shape index (κ3) is 5.08. The van der Waals surface area contributed by atoms with E-state index in [1.165, 1.54) is 12.1 Å². The first kappa shape index (κ1) is 23.9. The van der Waals surface area contributed by atoms with Crippen molar-refractivity contribution >= 4 is 11.8 Å². The van der Waals surface area contributed by atoms with Crippen LogP contribution in [0.1, 0.15) is 30.9 Å². The van der Waals surface area contributed by atoms with Crippen LogP contribution in [-0.4, -0.2) is 47.6 Å². The molecule has 188 valence electrons. The lowest BCUT2D eigenvalue weighted by Gasteiger charge is -2.31. The minimum Gasteiger partial charge on any atom is -0.487 e. The molecule has 36 heavy (non-hydrogen) atoms. The molecule has 5 rings (SSSR count). The van der Waals surface area contributed by atoms with Gasteiger partial charge in [0.05, 0.1) is 6.61 Å². The zero-order valence-electron chi connectivity index (χ0n) is 20.3. The van der Waals surface area contributed by atoms with Gasteiger partial charge in [-0.15, -0.1) is 10.6 Å². The van der Waals surface area contributed by atoms with E-state index < -0.39 is 11.6 Å². The molecular formula is C26H29F2N7O. The highest BCUT2D eigenvalue weighted by Crippen LogP contribution is 2.30. The maximum absolute atomic E-state index is 14.8. The molecule has 0 bridgehead atoms. The molecule has 0 atom stereocenters. The van der Waals surface area contributed by atoms with Gasteiger partial charge in [0.15, 0.2) is 23.2 Å². The summed E-state index contributed by atoms with van der Waals surface area (Å²) < 4.78 is 35.3. The molecule has 2 aromatic carbocycles. The van der Waals surface area contributed by atoms with Crippen molar-refractivity contribution in [1.29, 1.82) is 0 Å². The fourth-order valence-electron chi connectivity index (χ4n) is 4.41. The Labute approximate surface area is 208 Å². The lowest BCUT2D eigenvalue weighted by Crippen LogP contribution is -2.37. The van der Waals surface area contributed by atoms with E-state index in [1.54, 1.807) is 5.01 Å². The Morgan fingerprint density at radius 3 is 2.19 bits per heavy atom. The monoisotopic (exact) mass is 493 g/mol. The Balaban J connectivity index is 1.18. The number of halogens is 2. The Kier molecular flexibility index (Phi) is 6.95. The van der Waals surface area contributed by atoms with Crippen LogP contribution in [0.4, 0.5) is 14.7 Å². The van der Waals surface area contributed by atoms with Crippen molar-refractivity contribution in [3.05, 3.63) is 71.6 Å². The summed E-state index contributed by atoms with van der Waals surface area (Å²) in [5.74, 6) is -0.0779. The van der Waals surface area contributed by atoms with Gasteiger partial charge in [-0.05, 0) is 54.0 Å². The van der Waals surface area contributed by atoms with E-state index in [2.05, 4.69) is 38.0 Å². The van der Waals surface area contributed by atoms with Crippen LogP contribution < -0.4 is 20.7 Å². The van der Waals surface area contributed by atoms with Crippen LogP contribution in [0.25, 0.3) is 11.1 Å². The Morgan fingerprint density at radius 2 is 1.61 bits per heavy atom. The number of amidine groups is 1. The van der Waals surface area contributed by atoms with E-state index in [-0.39, 0.29) is 18.3 Å². The Hall–Kier alpha value is -3.79. The molecule has 1 aromatic heterocycles. The second kappa shape index (κ2) is 10.4. The first-order valence-corrected chi connectivity index (χ1v) is 12.1. The normalized spacial score (nSPS) is 16.2. The Morgan fingerprint density at radius 1 is 0.972 bits per heavy atom. The highest BCUT2D eigenvalue weighted by molar-refractivity contribution is 5.99. The number of hydrogen-bond donors (Lipinski definition) is 2. The van der Waals surface area contributed by atoms with Crippen LogP contribution in [0.15, 0.2) is 53.9 Å². The molecule has 2 aliphatic rings. The van der Waals surface area contributed by atoms with Crippen molar-refractivity contribution in [3.8, 4) is 16.9 Å². The molecule has 0 amide bonds. The molecule has 0 aliphatic carbocycles. The van der Waals surface area contributed by atoms with Crippen molar-refractivity contribution in [3.63, 3.8) is 0 Å². The van der Waals surface area contributed by atoms with Gasteiger partial charge in [0.25, 0.3) is 0 Å². The van der Waals surface area contributed by atoms with Crippen molar-refractivity contribution in [1.82, 2.24) is 26.0 Å². The molecular weight excluding hydrogens is 464 g/mol. The lowest BCUT2D eigenvalue weighted by atomic mass is 9.98. The summed E-state index contributed by atoms with van der Waals surface area (Å²) in [6, 6.07) is 9.97. The molecule has 0 saturated carbocycles. The van der Waals surface area contributed by atoms with Crippen LogP contribution in [0.3, 0.4) is 0 Å². The molecule has 1 fully saturated rings. The number of nitrogens with one attached hydrogen (secondary N) is 2. The van der Waals surface area contributed by atoms with Gasteiger partial charge in [0, 0.05) is 38.1 Å². The number of hydrogen-bond acceptors (Lipinski definition) is 8. The topological polar surface area (TPSA) is 77.9 Å². The fourth-order valence-corrected chi connectivity index (χ4v) is 4.41. The third-order valence-electron chi connectivity index (χ3n) is 6.63. The zero-order chi connectivity index (χ0) is 25.1. The summed E-state index contributed by atoms with van der Waals surface area (Å²) >= 11 is 0. The Bertz CT molecular complexity index is 1200. The van der Waals surface area contributed by atoms with E-state index in [1.807, 2.05) is 43.7 Å². The summed E-state index contributed by atoms with van der Waals surface area (Å²) in [7, 11) is 1.83. The number of hydrazine groups is 2. The molecule has 10 heteroatoms. The molecule has 0 radical (unpaired) electrons. The number of aryl methyl sites for hydroxylation is 1. The summed E-state index contributed by atoms with van der Waals surface area (Å²) in [4.78, 5) is 11.0. The van der Waals surface area contributed by atoms with Crippen LogP contribution in [0.5, 0.6) is 5.75 Å². The van der Waals surface area contributed by atoms with Crippen molar-refractivity contribution in [2.24, 2.45) is 11.0 Å². The molecule has 0 unspecified atom stereocenters. The first-order valence-electron chi connectivity index (χ1n) is 12.1. The number of aromatic nitrogens is 2. The van der Waals surface area contributed by atoms with E-state index in [9.17, 15) is 8.78 Å². The third-order valence-corrected chi connectivity index (χ3v) is 6.63. The van der Waals surface area contributed by atoms with Gasteiger partial charge >= 0.3 is 0 Å².